The summed E-state index contributed by atoms with van der Waals surface area (Å²) in [5, 5.41) is 3.60. The molecule has 0 saturated carbocycles. The van der Waals surface area contributed by atoms with Gasteiger partial charge in [-0.2, -0.15) is 0 Å². The zero-order valence-electron chi connectivity index (χ0n) is 16.5. The number of amides is 1. The number of nitrogens with one attached hydrogen (secondary N) is 1. The fourth-order valence-electron chi connectivity index (χ4n) is 3.27. The summed E-state index contributed by atoms with van der Waals surface area (Å²) in [7, 11) is 0. The standard InChI is InChI=1S/C22H22ClN5O/c1-4-13(3)25-22(29)18-19-21(27-17-8-6-5-7-16(17)26-19)28(20(18)24)14-10-9-12(2)15(23)11-14/h5-11,13H,4,24H2,1-3H3,(H,25,29)/t13-/m0/s1. The van der Waals surface area contributed by atoms with Crippen LogP contribution in [0.2, 0.25) is 5.02 Å². The molecule has 0 spiro atoms. The van der Waals surface area contributed by atoms with E-state index < -0.39 is 0 Å². The van der Waals surface area contributed by atoms with Crippen LogP contribution in [0.1, 0.15) is 36.2 Å². The number of hydrogen-bond acceptors (Lipinski definition) is 4. The molecule has 0 aliphatic rings. The van der Waals surface area contributed by atoms with Gasteiger partial charge in [0.05, 0.1) is 16.7 Å². The molecule has 7 heteroatoms. The Hall–Kier alpha value is -3.12. The Labute approximate surface area is 173 Å². The molecule has 6 nitrogen and oxygen atoms in total. The van der Waals surface area contributed by atoms with E-state index in [4.69, 9.17) is 27.3 Å². The molecule has 0 aliphatic carbocycles. The average Bonchev–Trinajstić information content (AvgIpc) is 2.99. The van der Waals surface area contributed by atoms with Gasteiger partial charge in [0.1, 0.15) is 16.9 Å². The molecule has 0 unspecified atom stereocenters. The lowest BCUT2D eigenvalue weighted by atomic mass is 10.2. The Morgan fingerprint density at radius 3 is 2.55 bits per heavy atom. The van der Waals surface area contributed by atoms with Crippen LogP contribution >= 0.6 is 11.6 Å². The van der Waals surface area contributed by atoms with Crippen LogP contribution in [0.25, 0.3) is 27.9 Å². The molecule has 2 aromatic carbocycles. The quantitative estimate of drug-likeness (QED) is 0.515. The fourth-order valence-corrected chi connectivity index (χ4v) is 3.44. The third-order valence-corrected chi connectivity index (χ3v) is 5.54. The summed E-state index contributed by atoms with van der Waals surface area (Å²) in [5.74, 6) is 0.0272. The number of nitrogens with zero attached hydrogens (tertiary/aromatic N) is 3. The Bertz CT molecular complexity index is 1250. The molecule has 3 N–H and O–H groups in total. The van der Waals surface area contributed by atoms with Crippen molar-refractivity contribution in [2.75, 3.05) is 5.73 Å². The number of para-hydroxylation sites is 2. The first-order valence-electron chi connectivity index (χ1n) is 9.54. The van der Waals surface area contributed by atoms with Crippen molar-refractivity contribution >= 4 is 45.5 Å². The van der Waals surface area contributed by atoms with Gasteiger partial charge in [0, 0.05) is 11.1 Å². The van der Waals surface area contributed by atoms with Crippen molar-refractivity contribution in [2.45, 2.75) is 33.2 Å². The summed E-state index contributed by atoms with van der Waals surface area (Å²) in [6.07, 6.45) is 0.812. The van der Waals surface area contributed by atoms with E-state index in [-0.39, 0.29) is 17.8 Å². The summed E-state index contributed by atoms with van der Waals surface area (Å²) in [6.45, 7) is 5.90. The van der Waals surface area contributed by atoms with Crippen molar-refractivity contribution in [1.82, 2.24) is 19.9 Å². The maximum Gasteiger partial charge on any atom is 0.257 e. The van der Waals surface area contributed by atoms with Crippen LogP contribution in [-0.2, 0) is 0 Å². The highest BCUT2D eigenvalue weighted by Gasteiger charge is 2.25. The van der Waals surface area contributed by atoms with Crippen molar-refractivity contribution in [2.24, 2.45) is 0 Å². The minimum atomic E-state index is -0.261. The molecular formula is C22H22ClN5O. The van der Waals surface area contributed by atoms with Crippen molar-refractivity contribution < 1.29 is 4.79 Å². The van der Waals surface area contributed by atoms with Crippen molar-refractivity contribution in [3.8, 4) is 5.69 Å². The van der Waals surface area contributed by atoms with Crippen molar-refractivity contribution in [3.05, 3.63) is 58.6 Å². The van der Waals surface area contributed by atoms with Gasteiger partial charge in [0.2, 0.25) is 0 Å². The molecule has 2 aromatic heterocycles. The lowest BCUT2D eigenvalue weighted by Gasteiger charge is -2.12. The highest BCUT2D eigenvalue weighted by Crippen LogP contribution is 2.32. The second-order valence-electron chi connectivity index (χ2n) is 7.20. The second-order valence-corrected chi connectivity index (χ2v) is 7.60. The van der Waals surface area contributed by atoms with Gasteiger partial charge >= 0.3 is 0 Å². The predicted molar refractivity (Wildman–Crippen MR) is 118 cm³/mol. The number of hydrogen-bond donors (Lipinski definition) is 2. The van der Waals surface area contributed by atoms with Crippen molar-refractivity contribution in [1.29, 1.82) is 0 Å². The summed E-state index contributed by atoms with van der Waals surface area (Å²) in [6, 6.07) is 13.2. The van der Waals surface area contributed by atoms with E-state index in [0.717, 1.165) is 23.2 Å². The van der Waals surface area contributed by atoms with E-state index >= 15 is 0 Å². The van der Waals surface area contributed by atoms with E-state index in [1.165, 1.54) is 0 Å². The molecule has 0 bridgehead atoms. The van der Waals surface area contributed by atoms with E-state index in [9.17, 15) is 4.79 Å². The molecule has 1 amide bonds. The van der Waals surface area contributed by atoms with E-state index in [2.05, 4.69) is 5.32 Å². The number of aryl methyl sites for hydroxylation is 1. The monoisotopic (exact) mass is 407 g/mol. The largest absolute Gasteiger partial charge is 0.384 e. The number of rotatable bonds is 4. The first kappa shape index (κ1) is 19.2. The zero-order valence-corrected chi connectivity index (χ0v) is 17.3. The van der Waals surface area contributed by atoms with Gasteiger partial charge in [0.25, 0.3) is 5.91 Å². The fraction of sp³-hybridized carbons (Fsp3) is 0.227. The molecule has 1 atom stereocenters. The third-order valence-electron chi connectivity index (χ3n) is 5.13. The number of aromatic nitrogens is 3. The Kier molecular flexibility index (Phi) is 4.88. The molecule has 4 aromatic rings. The first-order valence-corrected chi connectivity index (χ1v) is 9.92. The minimum absolute atomic E-state index is 0.0162. The first-order chi connectivity index (χ1) is 13.9. The van der Waals surface area contributed by atoms with Crippen LogP contribution in [-0.4, -0.2) is 26.5 Å². The van der Waals surface area contributed by atoms with E-state index in [0.29, 0.717) is 27.3 Å². The van der Waals surface area contributed by atoms with Gasteiger partial charge in [-0.15, -0.1) is 0 Å². The number of nitrogen functional groups attached to an aromatic ring is 1. The molecular weight excluding hydrogens is 386 g/mol. The third kappa shape index (κ3) is 3.29. The number of anilines is 1. The molecule has 0 radical (unpaired) electrons. The van der Waals surface area contributed by atoms with Gasteiger partial charge < -0.3 is 11.1 Å². The molecule has 148 valence electrons. The normalized spacial score (nSPS) is 12.4. The smallest absolute Gasteiger partial charge is 0.257 e. The summed E-state index contributed by atoms with van der Waals surface area (Å²) in [4.78, 5) is 22.5. The number of benzene rings is 2. The van der Waals surface area contributed by atoms with Crippen LogP contribution in [0.15, 0.2) is 42.5 Å². The van der Waals surface area contributed by atoms with Crippen LogP contribution < -0.4 is 11.1 Å². The van der Waals surface area contributed by atoms with Crippen LogP contribution in [0.4, 0.5) is 5.82 Å². The lowest BCUT2D eigenvalue weighted by molar-refractivity contribution is 0.0941. The van der Waals surface area contributed by atoms with Gasteiger partial charge in [-0.1, -0.05) is 36.7 Å². The molecule has 0 fully saturated rings. The maximum absolute atomic E-state index is 13.1. The minimum Gasteiger partial charge on any atom is -0.384 e. The maximum atomic E-state index is 13.1. The average molecular weight is 408 g/mol. The molecule has 0 saturated heterocycles. The number of carbonyl (C=O) groups is 1. The number of nitrogens with two attached hydrogens (primary N) is 1. The van der Waals surface area contributed by atoms with E-state index in [1.807, 2.05) is 63.2 Å². The highest BCUT2D eigenvalue weighted by atomic mass is 35.5. The zero-order chi connectivity index (χ0) is 20.7. The molecule has 2 heterocycles. The van der Waals surface area contributed by atoms with E-state index in [1.54, 1.807) is 4.57 Å². The van der Waals surface area contributed by atoms with Gasteiger partial charge in [-0.25, -0.2) is 9.97 Å². The number of halogens is 1. The van der Waals surface area contributed by atoms with Gasteiger partial charge in [-0.05, 0) is 50.1 Å². The lowest BCUT2D eigenvalue weighted by Crippen LogP contribution is -2.32. The van der Waals surface area contributed by atoms with Crippen LogP contribution in [0.5, 0.6) is 0 Å². The molecule has 29 heavy (non-hydrogen) atoms. The Morgan fingerprint density at radius 1 is 1.21 bits per heavy atom. The molecule has 4 rings (SSSR count). The SMILES string of the molecule is CC[C@H](C)NC(=O)c1c(N)n(-c2ccc(C)c(Cl)c2)c2nc3ccccc3nc12. The topological polar surface area (TPSA) is 85.8 Å². The van der Waals surface area contributed by atoms with Gasteiger partial charge in [0.15, 0.2) is 5.65 Å². The number of fused-ring (bicyclic) bond motifs is 2. The Morgan fingerprint density at radius 2 is 1.90 bits per heavy atom. The van der Waals surface area contributed by atoms with Crippen LogP contribution in [0, 0.1) is 6.92 Å². The van der Waals surface area contributed by atoms with Crippen molar-refractivity contribution in [3.63, 3.8) is 0 Å². The number of carbonyl (C=O) groups excluding carboxylic acids is 1. The summed E-state index contributed by atoms with van der Waals surface area (Å²) >= 11 is 6.35. The molecule has 0 aliphatic heterocycles. The van der Waals surface area contributed by atoms with Crippen LogP contribution in [0.3, 0.4) is 0 Å². The Balaban J connectivity index is 2.04. The summed E-state index contributed by atoms with van der Waals surface area (Å²) in [5.41, 5.74) is 10.9. The van der Waals surface area contributed by atoms with Gasteiger partial charge in [-0.3, -0.25) is 9.36 Å². The summed E-state index contributed by atoms with van der Waals surface area (Å²) < 4.78 is 1.74. The predicted octanol–water partition coefficient (Wildman–Crippen LogP) is 4.65. The highest BCUT2D eigenvalue weighted by molar-refractivity contribution is 6.31. The second kappa shape index (κ2) is 7.37.